The molecule has 4 aromatic rings. The summed E-state index contributed by atoms with van der Waals surface area (Å²) in [5.41, 5.74) is 11.2. The van der Waals surface area contributed by atoms with Gasteiger partial charge in [-0.25, -0.2) is 0 Å². The molecule has 0 aliphatic carbocycles. The Morgan fingerprint density at radius 3 is 1.32 bits per heavy atom. The molecule has 2 aromatic carbocycles. The van der Waals surface area contributed by atoms with Crippen molar-refractivity contribution in [1.29, 1.82) is 0 Å². The molecule has 2 N–H and O–H groups in total. The van der Waals surface area contributed by atoms with Crippen LogP contribution in [0, 0.1) is 0 Å². The predicted molar refractivity (Wildman–Crippen MR) is 158 cm³/mol. The average Bonchev–Trinajstić information content (AvgIpc) is 2.91. The fraction of sp³-hybridized carbons (Fsp3) is 0. The Bertz CT molecular complexity index is 1160. The number of anilines is 2. The van der Waals surface area contributed by atoms with E-state index in [0.29, 0.717) is 10.2 Å². The molecule has 0 saturated carbocycles. The number of nitrogens with zero attached hydrogens (tertiary/aromatic N) is 6. The molecule has 37 heavy (non-hydrogen) atoms. The van der Waals surface area contributed by atoms with Crippen molar-refractivity contribution in [3.63, 3.8) is 0 Å². The van der Waals surface area contributed by atoms with E-state index in [1.165, 1.54) is 0 Å². The Morgan fingerprint density at radius 1 is 0.595 bits per heavy atom. The van der Waals surface area contributed by atoms with Crippen LogP contribution in [0.3, 0.4) is 0 Å². The maximum atomic E-state index is 4.19. The number of hydrogen-bond donors (Lipinski definition) is 2. The summed E-state index contributed by atoms with van der Waals surface area (Å²) >= 11 is 8.39. The van der Waals surface area contributed by atoms with Gasteiger partial charge < -0.3 is 31.7 Å². The van der Waals surface area contributed by atoms with Crippen molar-refractivity contribution in [3.8, 4) is 0 Å². The molecule has 0 aliphatic rings. The fourth-order valence-corrected chi connectivity index (χ4v) is 2.90. The van der Waals surface area contributed by atoms with Crippen LogP contribution in [0.4, 0.5) is 11.4 Å². The first-order valence-corrected chi connectivity index (χ1v) is 11.6. The summed E-state index contributed by atoms with van der Waals surface area (Å²) in [5.74, 6) is 0. The minimum absolute atomic E-state index is 0. The topological polar surface area (TPSA) is 103 Å². The molecule has 4 rings (SSSR count). The van der Waals surface area contributed by atoms with Gasteiger partial charge in [-0.15, -0.1) is 0 Å². The van der Waals surface area contributed by atoms with Gasteiger partial charge in [0.2, 0.25) is 10.2 Å². The summed E-state index contributed by atoms with van der Waals surface area (Å²) in [4.78, 5) is 8.19. The standard InChI is InChI=1S/2C13H12N4S.Zn/c2*18-13(16-11-6-2-1-3-7-11)17-15-10-12-8-4-5-9-14-12;/h2*1-10H,(H2,14,16,17,18);. The molecule has 11 heteroatoms. The zero-order valence-electron chi connectivity index (χ0n) is 19.8. The van der Waals surface area contributed by atoms with E-state index in [9.17, 15) is 0 Å². The van der Waals surface area contributed by atoms with Crippen LogP contribution in [0.25, 0.3) is 10.9 Å². The van der Waals surface area contributed by atoms with Crippen molar-refractivity contribution in [2.45, 2.75) is 0 Å². The van der Waals surface area contributed by atoms with Crippen molar-refractivity contribution in [2.24, 2.45) is 10.2 Å². The zero-order valence-corrected chi connectivity index (χ0v) is 24.6. The maximum absolute atomic E-state index is 4.19. The van der Waals surface area contributed by atoms with Crippen LogP contribution in [-0.4, -0.2) is 32.6 Å². The van der Waals surface area contributed by atoms with Gasteiger partial charge in [0.05, 0.1) is 11.4 Å². The first-order chi connectivity index (χ1) is 17.7. The molecule has 8 nitrogen and oxygen atoms in total. The second-order valence-electron chi connectivity index (χ2n) is 6.83. The molecule has 0 atom stereocenters. The Morgan fingerprint density at radius 2 is 0.973 bits per heavy atom. The zero-order chi connectivity index (χ0) is 25.3. The van der Waals surface area contributed by atoms with Crippen LogP contribution in [0.2, 0.25) is 0 Å². The summed E-state index contributed by atoms with van der Waals surface area (Å²) in [6.07, 6.45) is 6.55. The van der Waals surface area contributed by atoms with Crippen LogP contribution in [0.5, 0.6) is 0 Å². The molecule has 0 amide bonds. The van der Waals surface area contributed by atoms with Gasteiger partial charge in [0.15, 0.2) is 24.4 Å². The van der Waals surface area contributed by atoms with Gasteiger partial charge in [-0.05, 0) is 48.5 Å². The Hall–Kier alpha value is -3.92. The van der Waals surface area contributed by atoms with Crippen LogP contribution in [0.1, 0.15) is 11.4 Å². The van der Waals surface area contributed by atoms with Crippen molar-refractivity contribution in [1.82, 2.24) is 9.97 Å². The molecule has 0 bridgehead atoms. The van der Waals surface area contributed by atoms with Gasteiger partial charge in [-0.3, -0.25) is 9.97 Å². The summed E-state index contributed by atoms with van der Waals surface area (Å²) in [6, 6.07) is 30.5. The van der Waals surface area contributed by atoms with E-state index >= 15 is 0 Å². The normalized spacial score (nSPS) is 9.95. The molecule has 0 fully saturated rings. The molecular weight excluding hydrogens is 554 g/mol. The first-order valence-electron chi connectivity index (χ1n) is 10.8. The van der Waals surface area contributed by atoms with Crippen molar-refractivity contribution >= 4 is 58.5 Å². The second kappa shape index (κ2) is 17.5. The predicted octanol–water partition coefficient (Wildman–Crippen LogP) is 4.53. The van der Waals surface area contributed by atoms with E-state index in [1.54, 1.807) is 24.8 Å². The number of para-hydroxylation sites is 2. The number of hydrogen-bond acceptors (Lipinski definition) is 4. The minimum Gasteiger partial charge on any atom is -0.510 e. The van der Waals surface area contributed by atoms with Crippen LogP contribution in [0.15, 0.2) is 120 Å². The summed E-state index contributed by atoms with van der Waals surface area (Å²) in [7, 11) is 0. The van der Waals surface area contributed by atoms with E-state index in [4.69, 9.17) is 0 Å². The molecule has 0 radical (unpaired) electrons. The van der Waals surface area contributed by atoms with E-state index in [2.05, 4.69) is 66.1 Å². The van der Waals surface area contributed by atoms with Gasteiger partial charge in [0, 0.05) is 55.7 Å². The number of pyridine rings is 2. The van der Waals surface area contributed by atoms with Crippen LogP contribution in [-0.2, 0) is 43.9 Å². The Labute approximate surface area is 239 Å². The van der Waals surface area contributed by atoms with Crippen LogP contribution < -0.4 is 10.6 Å². The number of thiol groups is 2. The largest absolute Gasteiger partial charge is 0.510 e. The molecular formula is C26H24N8S2Zn. The molecule has 2 heterocycles. The Balaban J connectivity index is 0.000000253. The third-order valence-corrected chi connectivity index (χ3v) is 4.52. The first kappa shape index (κ1) is 29.3. The van der Waals surface area contributed by atoms with E-state index in [1.807, 2.05) is 97.1 Å². The number of benzene rings is 2. The number of rotatable bonds is 6. The van der Waals surface area contributed by atoms with E-state index in [-0.39, 0.29) is 19.5 Å². The van der Waals surface area contributed by atoms with Gasteiger partial charge in [0.1, 0.15) is 0 Å². The summed E-state index contributed by atoms with van der Waals surface area (Å²) in [5, 5.41) is 14.7. The molecule has 0 aliphatic heterocycles. The third-order valence-electron chi connectivity index (χ3n) is 4.12. The molecule has 0 spiro atoms. The molecule has 0 unspecified atom stereocenters. The number of nitrogens with one attached hydrogen (secondary N) is 2. The number of aromatic nitrogens is 2. The third kappa shape index (κ3) is 12.6. The van der Waals surface area contributed by atoms with Gasteiger partial charge >= 0.3 is 0 Å². The monoisotopic (exact) mass is 576 g/mol. The van der Waals surface area contributed by atoms with Crippen molar-refractivity contribution < 1.29 is 19.5 Å². The van der Waals surface area contributed by atoms with E-state index < -0.39 is 0 Å². The second-order valence-corrected chi connectivity index (χ2v) is 7.67. The smallest absolute Gasteiger partial charge is 0.212 e. The van der Waals surface area contributed by atoms with Gasteiger partial charge in [0.25, 0.3) is 0 Å². The van der Waals surface area contributed by atoms with Crippen LogP contribution >= 0.6 is 0 Å². The van der Waals surface area contributed by atoms with Gasteiger partial charge in [-0.2, -0.15) is 0 Å². The van der Waals surface area contributed by atoms with Gasteiger partial charge in [-0.1, -0.05) is 48.5 Å². The molecule has 0 saturated heterocycles. The quantitative estimate of drug-likeness (QED) is 0.0877. The summed E-state index contributed by atoms with van der Waals surface area (Å²) in [6.45, 7) is 0. The van der Waals surface area contributed by atoms with E-state index in [0.717, 1.165) is 22.8 Å². The molecule has 2 aromatic heterocycles. The minimum atomic E-state index is 0. The SMILES string of the molecule is [SH+]=C([N-]N=Cc1ccccn1)Nc1ccccc1.[SH+]=C([N-]N=Cc1ccccn1)Nc1ccccc1.[Zn]. The fourth-order valence-electron chi connectivity index (χ4n) is 2.54. The Kier molecular flexibility index (Phi) is 13.9. The average molecular weight is 578 g/mol. The van der Waals surface area contributed by atoms with Crippen molar-refractivity contribution in [3.05, 3.63) is 132 Å². The van der Waals surface area contributed by atoms with Crippen molar-refractivity contribution in [2.75, 3.05) is 10.6 Å². The maximum Gasteiger partial charge on any atom is 0.212 e. The summed E-state index contributed by atoms with van der Waals surface area (Å²) < 4.78 is 0. The molecule has 182 valence electrons.